The smallest absolute Gasteiger partial charge is 0.335 e. The first-order valence-corrected chi connectivity index (χ1v) is 15.2. The van der Waals surface area contributed by atoms with Gasteiger partial charge in [-0.3, -0.25) is 4.90 Å². The minimum Gasteiger partial charge on any atom is -0.479 e. The third-order valence-corrected chi connectivity index (χ3v) is 9.94. The van der Waals surface area contributed by atoms with Crippen molar-refractivity contribution in [3.63, 3.8) is 0 Å². The first-order chi connectivity index (χ1) is 18.5. The second-order valence-corrected chi connectivity index (χ2v) is 12.3. The van der Waals surface area contributed by atoms with E-state index in [1.807, 2.05) is 26.0 Å². The molecule has 3 aliphatic rings. The fraction of sp³-hybridized carbons (Fsp3) is 0.731. The van der Waals surface area contributed by atoms with Gasteiger partial charge in [0.1, 0.15) is 24.1 Å². The van der Waals surface area contributed by atoms with Crippen molar-refractivity contribution in [1.29, 1.82) is 0 Å². The van der Waals surface area contributed by atoms with Crippen LogP contribution in [0.2, 0.25) is 0 Å². The summed E-state index contributed by atoms with van der Waals surface area (Å²) in [4.78, 5) is 13.9. The number of ether oxygens (including phenoxy) is 2. The van der Waals surface area contributed by atoms with Gasteiger partial charge < -0.3 is 29.9 Å². The molecule has 2 aliphatic heterocycles. The van der Waals surface area contributed by atoms with E-state index in [-0.39, 0.29) is 18.0 Å². The number of aliphatic hydroxyl groups excluding tert-OH is 3. The number of fused-ring (bicyclic) bond motifs is 2. The predicted octanol–water partition coefficient (Wildman–Crippen LogP) is -0.298. The molecule has 13 heteroatoms. The molecule has 1 unspecified atom stereocenters. The molecule has 0 aromatic heterocycles. The Hall–Kier alpha value is -1.84. The van der Waals surface area contributed by atoms with Crippen molar-refractivity contribution in [3.05, 3.63) is 29.3 Å². The van der Waals surface area contributed by atoms with Crippen LogP contribution in [-0.2, 0) is 32.6 Å². The number of hydrogen-bond donors (Lipinski definition) is 5. The second kappa shape index (κ2) is 12.4. The summed E-state index contributed by atoms with van der Waals surface area (Å²) in [5.41, 5.74) is 1.93. The average molecular weight is 572 g/mol. The van der Waals surface area contributed by atoms with Crippen LogP contribution in [-0.4, -0.2) is 113 Å². The first kappa shape index (κ1) is 30.1. The van der Waals surface area contributed by atoms with Crippen LogP contribution in [0.4, 0.5) is 0 Å². The van der Waals surface area contributed by atoms with Crippen molar-refractivity contribution < 1.29 is 43.1 Å². The Kier molecular flexibility index (Phi) is 9.54. The highest BCUT2D eigenvalue weighted by atomic mass is 32.2. The van der Waals surface area contributed by atoms with E-state index in [0.717, 1.165) is 30.5 Å². The number of likely N-dealkylation sites (tertiary alicyclic amines) is 1. The minimum atomic E-state index is -3.62. The molecule has 0 saturated carbocycles. The van der Waals surface area contributed by atoms with Gasteiger partial charge in [0.2, 0.25) is 6.29 Å². The average Bonchev–Trinajstić information content (AvgIpc) is 2.88. The largest absolute Gasteiger partial charge is 0.479 e. The molecule has 2 heterocycles. The normalized spacial score (nSPS) is 33.4. The van der Waals surface area contributed by atoms with Crippen LogP contribution in [0.15, 0.2) is 18.2 Å². The van der Waals surface area contributed by atoms with E-state index in [9.17, 15) is 33.6 Å². The molecule has 220 valence electrons. The lowest BCUT2D eigenvalue weighted by Gasteiger charge is -2.48. The molecule has 0 bridgehead atoms. The summed E-state index contributed by atoms with van der Waals surface area (Å²) >= 11 is 0. The van der Waals surface area contributed by atoms with Crippen LogP contribution in [0.5, 0.6) is 5.75 Å². The summed E-state index contributed by atoms with van der Waals surface area (Å²) in [5, 5.41) is 40.0. The summed E-state index contributed by atoms with van der Waals surface area (Å²) in [6.07, 6.45) is -5.55. The van der Waals surface area contributed by atoms with Gasteiger partial charge in [-0.15, -0.1) is 0 Å². The lowest BCUT2D eigenvalue weighted by Crippen LogP contribution is -2.61. The van der Waals surface area contributed by atoms with Gasteiger partial charge in [0, 0.05) is 31.7 Å². The monoisotopic (exact) mass is 571 g/mol. The van der Waals surface area contributed by atoms with Gasteiger partial charge in [-0.05, 0) is 55.3 Å². The fourth-order valence-electron chi connectivity index (χ4n) is 6.21. The summed E-state index contributed by atoms with van der Waals surface area (Å²) < 4.78 is 41.6. The Balaban J connectivity index is 1.57. The third-order valence-electron chi connectivity index (χ3n) is 8.11. The molecule has 4 rings (SSSR count). The lowest BCUT2D eigenvalue weighted by molar-refractivity contribution is -0.271. The van der Waals surface area contributed by atoms with E-state index < -0.39 is 46.9 Å². The third kappa shape index (κ3) is 6.25. The maximum atomic E-state index is 13.0. The molecule has 1 aromatic rings. The highest BCUT2D eigenvalue weighted by molar-refractivity contribution is 7.87. The minimum absolute atomic E-state index is 0.128. The maximum Gasteiger partial charge on any atom is 0.335 e. The number of aliphatic carboxylic acids is 1. The Morgan fingerprint density at radius 1 is 1.13 bits per heavy atom. The number of hydrogen-bond acceptors (Lipinski definition) is 9. The maximum absolute atomic E-state index is 13.0. The van der Waals surface area contributed by atoms with Crippen molar-refractivity contribution >= 4 is 16.2 Å². The number of carboxylic acids is 1. The number of nitrogens with zero attached hydrogens (tertiary/aromatic N) is 2. The van der Waals surface area contributed by atoms with E-state index in [2.05, 4.69) is 16.5 Å². The van der Waals surface area contributed by atoms with Gasteiger partial charge in [0.15, 0.2) is 6.10 Å². The van der Waals surface area contributed by atoms with E-state index in [1.54, 1.807) is 6.07 Å². The molecule has 5 N–H and O–H groups in total. The van der Waals surface area contributed by atoms with Crippen LogP contribution in [0.1, 0.15) is 44.7 Å². The van der Waals surface area contributed by atoms with Crippen LogP contribution >= 0.6 is 0 Å². The van der Waals surface area contributed by atoms with E-state index >= 15 is 0 Å². The molecule has 12 nitrogen and oxygen atoms in total. The van der Waals surface area contributed by atoms with Crippen molar-refractivity contribution in [2.24, 2.45) is 5.92 Å². The number of carbonyl (C=O) groups is 1. The highest BCUT2D eigenvalue weighted by Gasteiger charge is 2.48. The topological polar surface area (TPSA) is 169 Å². The Bertz CT molecular complexity index is 1120. The van der Waals surface area contributed by atoms with Gasteiger partial charge in [0.05, 0.1) is 0 Å². The molecule has 1 aromatic carbocycles. The Morgan fingerprint density at radius 2 is 1.85 bits per heavy atom. The molecular weight excluding hydrogens is 530 g/mol. The summed E-state index contributed by atoms with van der Waals surface area (Å²) in [6, 6.07) is 5.50. The fourth-order valence-corrected chi connectivity index (χ4v) is 7.63. The number of nitrogens with one attached hydrogen (secondary N) is 1. The zero-order chi connectivity index (χ0) is 28.5. The molecule has 2 fully saturated rings. The molecular formula is C26H41N3O9S. The molecule has 8 atom stereocenters. The van der Waals surface area contributed by atoms with Gasteiger partial charge in [-0.25, -0.2) is 4.79 Å². The quantitative estimate of drug-likeness (QED) is 0.251. The van der Waals surface area contributed by atoms with Crippen molar-refractivity contribution in [1.82, 2.24) is 13.9 Å². The summed E-state index contributed by atoms with van der Waals surface area (Å²) in [6.45, 7) is 7.98. The van der Waals surface area contributed by atoms with E-state index in [0.29, 0.717) is 38.2 Å². The van der Waals surface area contributed by atoms with Gasteiger partial charge in [-0.1, -0.05) is 32.9 Å². The SMILES string of the molecule is CCCN1C[C@@H](NS(=O)(=O)N(CC)CC)C[C@@H]2Cc3c(cccc3OC3O[C@H](C(=O)O)[C@@H](O)[C@H](O)[C@H]3O)C[C@H]21. The number of piperidine rings is 1. The Morgan fingerprint density at radius 3 is 2.49 bits per heavy atom. The van der Waals surface area contributed by atoms with Crippen molar-refractivity contribution in [2.45, 2.75) is 89.2 Å². The second-order valence-electron chi connectivity index (χ2n) is 10.6. The van der Waals surface area contributed by atoms with Gasteiger partial charge >= 0.3 is 5.97 Å². The zero-order valence-electron chi connectivity index (χ0n) is 22.6. The van der Waals surface area contributed by atoms with Gasteiger partial charge in [-0.2, -0.15) is 17.4 Å². The standard InChI is InChI=1S/C26H41N3O9S/c1-4-10-28-14-17(27-39(35,36)29(5-2)6-3)11-16-12-18-15(13-19(16)28)8-7-9-20(18)37-26-23(32)21(30)22(31)24(38-26)25(33)34/h7-9,16-17,19,21-24,26-27,30-32H,4-6,10-14H2,1-3H3,(H,33,34)/t16-,17+,19-,21+,22+,23-,24+,26?/m1/s1. The molecule has 0 amide bonds. The molecule has 0 spiro atoms. The Labute approximate surface area is 229 Å². The van der Waals surface area contributed by atoms with Gasteiger partial charge in [0.25, 0.3) is 10.2 Å². The predicted molar refractivity (Wildman–Crippen MR) is 141 cm³/mol. The highest BCUT2D eigenvalue weighted by Crippen LogP contribution is 2.40. The molecule has 2 saturated heterocycles. The number of rotatable bonds is 10. The first-order valence-electron chi connectivity index (χ1n) is 13.7. The number of benzene rings is 1. The number of carboxylic acid groups (broad SMARTS) is 1. The summed E-state index contributed by atoms with van der Waals surface area (Å²) in [7, 11) is -3.62. The van der Waals surface area contributed by atoms with Crippen LogP contribution in [0.3, 0.4) is 0 Å². The van der Waals surface area contributed by atoms with Crippen LogP contribution in [0.25, 0.3) is 0 Å². The van der Waals surface area contributed by atoms with E-state index in [4.69, 9.17) is 9.47 Å². The molecule has 39 heavy (non-hydrogen) atoms. The number of aliphatic hydroxyl groups is 3. The summed E-state index contributed by atoms with van der Waals surface area (Å²) in [5.74, 6) is -0.949. The molecule has 1 aliphatic carbocycles. The van der Waals surface area contributed by atoms with Crippen molar-refractivity contribution in [2.75, 3.05) is 26.2 Å². The van der Waals surface area contributed by atoms with Crippen LogP contribution < -0.4 is 9.46 Å². The van der Waals surface area contributed by atoms with E-state index in [1.165, 1.54) is 4.31 Å². The lowest BCUT2D eigenvalue weighted by atomic mass is 9.74. The molecule has 0 radical (unpaired) electrons. The zero-order valence-corrected chi connectivity index (χ0v) is 23.5. The van der Waals surface area contributed by atoms with Crippen molar-refractivity contribution in [3.8, 4) is 5.75 Å². The van der Waals surface area contributed by atoms with Crippen LogP contribution in [0, 0.1) is 5.92 Å².